The summed E-state index contributed by atoms with van der Waals surface area (Å²) in [7, 11) is -4.06. The van der Waals surface area contributed by atoms with E-state index in [0.717, 1.165) is 51.4 Å². The Balaban J connectivity index is 1.54. The summed E-state index contributed by atoms with van der Waals surface area (Å²) in [6, 6.07) is 4.49. The van der Waals surface area contributed by atoms with Gasteiger partial charge in [-0.15, -0.1) is 0 Å². The highest BCUT2D eigenvalue weighted by atomic mass is 35.5. The van der Waals surface area contributed by atoms with Crippen LogP contribution in [0.2, 0.25) is 5.02 Å². The largest absolute Gasteiger partial charge is 0.507 e. The molecule has 2 N–H and O–H groups in total. The van der Waals surface area contributed by atoms with Crippen LogP contribution in [0.15, 0.2) is 40.5 Å². The smallest absolute Gasteiger partial charge is 0.346 e. The number of halogens is 1. The number of hydrogen-bond acceptors (Lipinski definition) is 6. The number of benzene rings is 1. The predicted molar refractivity (Wildman–Crippen MR) is 137 cm³/mol. The first kappa shape index (κ1) is 27.1. The first-order valence-electron chi connectivity index (χ1n) is 13.2. The molecule has 4 rings (SSSR count). The van der Waals surface area contributed by atoms with E-state index in [9.17, 15) is 23.1 Å². The van der Waals surface area contributed by atoms with Gasteiger partial charge in [-0.25, -0.2) is 17.9 Å². The Bertz CT molecular complexity index is 1070. The Hall–Kier alpha value is -1.90. The molecule has 9 heteroatoms. The van der Waals surface area contributed by atoms with E-state index in [-0.39, 0.29) is 17.1 Å². The van der Waals surface area contributed by atoms with Gasteiger partial charge in [0.05, 0.1) is 10.9 Å². The van der Waals surface area contributed by atoms with Crippen molar-refractivity contribution in [3.05, 3.63) is 40.6 Å². The quantitative estimate of drug-likeness (QED) is 0.296. The van der Waals surface area contributed by atoms with Crippen molar-refractivity contribution in [2.45, 2.75) is 101 Å². The van der Waals surface area contributed by atoms with Crippen molar-refractivity contribution >= 4 is 33.4 Å². The second kappa shape index (κ2) is 12.1. The number of aliphatic hydroxyl groups is 1. The molecule has 36 heavy (non-hydrogen) atoms. The van der Waals surface area contributed by atoms with Gasteiger partial charge in [0.2, 0.25) is 10.0 Å². The van der Waals surface area contributed by atoms with E-state index in [1.54, 1.807) is 0 Å². The van der Waals surface area contributed by atoms with Crippen LogP contribution in [-0.2, 0) is 24.3 Å². The van der Waals surface area contributed by atoms with E-state index < -0.39 is 39.5 Å². The van der Waals surface area contributed by atoms with Crippen molar-refractivity contribution in [1.82, 2.24) is 4.72 Å². The average molecular weight is 538 g/mol. The molecule has 3 aliphatic rings. The molecule has 2 unspecified atom stereocenters. The van der Waals surface area contributed by atoms with Crippen LogP contribution in [0.1, 0.15) is 83.5 Å². The summed E-state index contributed by atoms with van der Waals surface area (Å²) >= 11 is 5.90. The van der Waals surface area contributed by atoms with Crippen LogP contribution in [0.3, 0.4) is 0 Å². The van der Waals surface area contributed by atoms with Crippen LogP contribution in [0.4, 0.5) is 0 Å². The second-order valence-corrected chi connectivity index (χ2v) is 12.6. The first-order valence-corrected chi connectivity index (χ1v) is 15.1. The topological polar surface area (TPSA) is 110 Å². The van der Waals surface area contributed by atoms with Crippen molar-refractivity contribution < 1.29 is 27.9 Å². The number of carbonyl (C=O) groups excluding carboxylic acids is 2. The third kappa shape index (κ3) is 6.69. The van der Waals surface area contributed by atoms with Crippen LogP contribution < -0.4 is 4.72 Å². The normalized spacial score (nSPS) is 23.0. The van der Waals surface area contributed by atoms with Gasteiger partial charge in [-0.2, -0.15) is 0 Å². The van der Waals surface area contributed by atoms with E-state index in [0.29, 0.717) is 29.7 Å². The van der Waals surface area contributed by atoms with Crippen LogP contribution in [0, 0.1) is 11.8 Å². The fourth-order valence-corrected chi connectivity index (χ4v) is 7.14. The molecule has 0 spiro atoms. The van der Waals surface area contributed by atoms with Crippen molar-refractivity contribution in [1.29, 1.82) is 0 Å². The Morgan fingerprint density at radius 3 is 2.19 bits per heavy atom. The highest BCUT2D eigenvalue weighted by Gasteiger charge is 2.42. The molecular weight excluding hydrogens is 502 g/mol. The number of carbonyl (C=O) groups is 2. The molecule has 1 aromatic rings. The number of Topliss-reactive ketones (excluding diaryl/α,β-unsaturated/α-hetero) is 1. The standard InChI is InChI=1S/C27H36ClNO6S/c28-20-12-14-21(15-13-20)36(33,34)29-22(16-11-18-7-3-1-4-8-18)25(30)24-26(31)23(35-27(24)32)17-19-9-5-2-6-10-19/h12-15,18-19,22-23,29,31H,1-11,16-17H2. The zero-order valence-corrected chi connectivity index (χ0v) is 22.2. The van der Waals surface area contributed by atoms with Gasteiger partial charge >= 0.3 is 5.97 Å². The lowest BCUT2D eigenvalue weighted by atomic mass is 9.84. The van der Waals surface area contributed by atoms with Gasteiger partial charge in [-0.3, -0.25) is 4.79 Å². The van der Waals surface area contributed by atoms with Crippen LogP contribution in [-0.4, -0.2) is 37.4 Å². The maximum Gasteiger partial charge on any atom is 0.346 e. The Morgan fingerprint density at radius 2 is 1.58 bits per heavy atom. The molecule has 0 aromatic heterocycles. The van der Waals surface area contributed by atoms with Gasteiger partial charge in [-0.05, 0) is 55.4 Å². The van der Waals surface area contributed by atoms with E-state index in [2.05, 4.69) is 4.72 Å². The number of hydrogen-bond donors (Lipinski definition) is 2. The molecule has 2 atom stereocenters. The summed E-state index contributed by atoms with van der Waals surface area (Å²) in [6.45, 7) is 0. The van der Waals surface area contributed by atoms with E-state index in [1.165, 1.54) is 37.1 Å². The summed E-state index contributed by atoms with van der Waals surface area (Å²) in [5, 5.41) is 11.2. The van der Waals surface area contributed by atoms with Gasteiger partial charge in [0, 0.05) is 5.02 Å². The average Bonchev–Trinajstić information content (AvgIpc) is 3.15. The third-order valence-electron chi connectivity index (χ3n) is 7.86. The minimum absolute atomic E-state index is 0.0234. The van der Waals surface area contributed by atoms with E-state index >= 15 is 0 Å². The first-order chi connectivity index (χ1) is 17.2. The molecule has 1 heterocycles. The summed E-state index contributed by atoms with van der Waals surface area (Å²) < 4.78 is 34.1. The van der Waals surface area contributed by atoms with Crippen LogP contribution in [0.25, 0.3) is 0 Å². The van der Waals surface area contributed by atoms with Gasteiger partial charge in [0.15, 0.2) is 17.6 Å². The third-order valence-corrected chi connectivity index (χ3v) is 9.60. The number of aliphatic hydroxyl groups excluding tert-OH is 1. The van der Waals surface area contributed by atoms with Crippen molar-refractivity contribution in [3.63, 3.8) is 0 Å². The van der Waals surface area contributed by atoms with Gasteiger partial charge in [0.1, 0.15) is 5.57 Å². The summed E-state index contributed by atoms with van der Waals surface area (Å²) in [5.74, 6) is -1.21. The molecule has 0 amide bonds. The van der Waals surface area contributed by atoms with E-state index in [1.807, 2.05) is 0 Å². The number of cyclic esters (lactones) is 1. The van der Waals surface area contributed by atoms with Crippen molar-refractivity contribution in [2.24, 2.45) is 11.8 Å². The molecule has 0 radical (unpaired) electrons. The molecule has 2 saturated carbocycles. The second-order valence-electron chi connectivity index (χ2n) is 10.5. The molecule has 7 nitrogen and oxygen atoms in total. The number of nitrogens with one attached hydrogen (secondary N) is 1. The number of ether oxygens (including phenoxy) is 1. The number of sulfonamides is 1. The highest BCUT2D eigenvalue weighted by molar-refractivity contribution is 7.89. The number of ketones is 1. The van der Waals surface area contributed by atoms with E-state index in [4.69, 9.17) is 16.3 Å². The maximum atomic E-state index is 13.6. The molecular formula is C27H36ClNO6S. The monoisotopic (exact) mass is 537 g/mol. The summed E-state index contributed by atoms with van der Waals surface area (Å²) in [6.07, 6.45) is 11.5. The fourth-order valence-electron chi connectivity index (χ4n) is 5.79. The Kier molecular flexibility index (Phi) is 9.12. The van der Waals surface area contributed by atoms with Crippen molar-refractivity contribution in [2.75, 3.05) is 0 Å². The number of rotatable bonds is 10. The Morgan fingerprint density at radius 1 is 1.00 bits per heavy atom. The fraction of sp³-hybridized carbons (Fsp3) is 0.630. The Labute approximate surface area is 218 Å². The van der Waals surface area contributed by atoms with Gasteiger partial charge in [-0.1, -0.05) is 75.8 Å². The maximum absolute atomic E-state index is 13.6. The lowest BCUT2D eigenvalue weighted by Gasteiger charge is -2.24. The molecule has 2 aliphatic carbocycles. The van der Waals surface area contributed by atoms with Gasteiger partial charge in [0.25, 0.3) is 0 Å². The molecule has 2 fully saturated rings. The lowest BCUT2D eigenvalue weighted by molar-refractivity contribution is -0.142. The molecule has 0 saturated heterocycles. The molecule has 0 bridgehead atoms. The summed E-state index contributed by atoms with van der Waals surface area (Å²) in [4.78, 5) is 26.3. The van der Waals surface area contributed by atoms with Crippen LogP contribution in [0.5, 0.6) is 0 Å². The number of esters is 1. The molecule has 1 aliphatic heterocycles. The van der Waals surface area contributed by atoms with Crippen molar-refractivity contribution in [3.8, 4) is 0 Å². The lowest BCUT2D eigenvalue weighted by Crippen LogP contribution is -2.42. The SMILES string of the molecule is O=C1OC(CC2CCCCC2)C(O)=C1C(=O)C(CCC1CCCCC1)NS(=O)(=O)c1ccc(Cl)cc1. The predicted octanol–water partition coefficient (Wildman–Crippen LogP) is 5.62. The zero-order valence-electron chi connectivity index (χ0n) is 20.6. The molecule has 1 aromatic carbocycles. The highest BCUT2D eigenvalue weighted by Crippen LogP contribution is 2.34. The molecule has 198 valence electrons. The zero-order chi connectivity index (χ0) is 25.7. The minimum atomic E-state index is -4.06. The van der Waals surface area contributed by atoms with Crippen LogP contribution >= 0.6 is 11.6 Å². The minimum Gasteiger partial charge on any atom is -0.507 e. The summed E-state index contributed by atoms with van der Waals surface area (Å²) in [5.41, 5.74) is -0.414. The van der Waals surface area contributed by atoms with Gasteiger partial charge < -0.3 is 9.84 Å².